The molecule has 7 nitrogen and oxygen atoms in total. The molecule has 0 saturated heterocycles. The van der Waals surface area contributed by atoms with Gasteiger partial charge in [0, 0.05) is 5.41 Å². The summed E-state index contributed by atoms with van der Waals surface area (Å²) < 4.78 is 14.9. The van der Waals surface area contributed by atoms with E-state index < -0.39 is 17.5 Å². The van der Waals surface area contributed by atoms with Crippen LogP contribution in [0.15, 0.2) is 12.7 Å². The normalized spacial score (nSPS) is 11.8. The molecule has 90 valence electrons. The standard InChI is InChI=1S/C9H11FN6O/c1-9(2,3)6-13-7(10)14-16(6)8(17)15-5-11-4-12-15/h4-5H,1-3H3. The van der Waals surface area contributed by atoms with Gasteiger partial charge in [0.15, 0.2) is 0 Å². The van der Waals surface area contributed by atoms with Crippen LogP contribution in [0.2, 0.25) is 0 Å². The zero-order chi connectivity index (χ0) is 12.6. The minimum absolute atomic E-state index is 0.232. The van der Waals surface area contributed by atoms with Crippen LogP contribution in [-0.2, 0) is 5.41 Å². The summed E-state index contributed by atoms with van der Waals surface area (Å²) >= 11 is 0. The van der Waals surface area contributed by atoms with Crippen molar-refractivity contribution in [2.45, 2.75) is 26.2 Å². The summed E-state index contributed by atoms with van der Waals surface area (Å²) in [6.07, 6.45) is 1.49. The van der Waals surface area contributed by atoms with Gasteiger partial charge in [0.25, 0.3) is 0 Å². The van der Waals surface area contributed by atoms with Crippen LogP contribution < -0.4 is 0 Å². The van der Waals surface area contributed by atoms with Gasteiger partial charge in [-0.3, -0.25) is 0 Å². The fraction of sp³-hybridized carbons (Fsp3) is 0.444. The molecule has 2 aromatic rings. The van der Waals surface area contributed by atoms with Gasteiger partial charge in [0.2, 0.25) is 0 Å². The maximum atomic E-state index is 13.1. The van der Waals surface area contributed by atoms with Crippen molar-refractivity contribution >= 4 is 6.03 Å². The molecule has 0 saturated carbocycles. The largest absolute Gasteiger partial charge is 0.372 e. The van der Waals surface area contributed by atoms with E-state index in [0.717, 1.165) is 9.36 Å². The molecule has 2 aromatic heterocycles. The van der Waals surface area contributed by atoms with Crippen molar-refractivity contribution in [2.75, 3.05) is 0 Å². The average molecular weight is 238 g/mol. The first-order valence-corrected chi connectivity index (χ1v) is 4.92. The number of carbonyl (C=O) groups is 1. The highest BCUT2D eigenvalue weighted by Gasteiger charge is 2.27. The van der Waals surface area contributed by atoms with E-state index in [9.17, 15) is 9.18 Å². The van der Waals surface area contributed by atoms with Gasteiger partial charge in [-0.15, -0.1) is 5.10 Å². The molecule has 0 radical (unpaired) electrons. The summed E-state index contributed by atoms with van der Waals surface area (Å²) in [5, 5.41) is 7.10. The molecule has 0 amide bonds. The number of rotatable bonds is 0. The first-order chi connectivity index (χ1) is 7.89. The van der Waals surface area contributed by atoms with Crippen LogP contribution in [-0.4, -0.2) is 35.6 Å². The molecule has 0 fully saturated rings. The van der Waals surface area contributed by atoms with E-state index in [-0.39, 0.29) is 5.82 Å². The third-order valence-corrected chi connectivity index (χ3v) is 2.05. The minimum atomic E-state index is -0.941. The van der Waals surface area contributed by atoms with Crippen LogP contribution in [0, 0.1) is 6.08 Å². The van der Waals surface area contributed by atoms with Crippen LogP contribution in [0.25, 0.3) is 0 Å². The highest BCUT2D eigenvalue weighted by atomic mass is 19.1. The van der Waals surface area contributed by atoms with Crippen molar-refractivity contribution in [3.63, 3.8) is 0 Å². The van der Waals surface area contributed by atoms with Gasteiger partial charge in [0.05, 0.1) is 0 Å². The Morgan fingerprint density at radius 1 is 1.41 bits per heavy atom. The fourth-order valence-electron chi connectivity index (χ4n) is 1.31. The lowest BCUT2D eigenvalue weighted by Gasteiger charge is -2.16. The van der Waals surface area contributed by atoms with Crippen LogP contribution >= 0.6 is 0 Å². The highest BCUT2D eigenvalue weighted by molar-refractivity contribution is 5.77. The molecule has 2 rings (SSSR count). The molecular formula is C9H11FN6O. The quantitative estimate of drug-likeness (QED) is 0.679. The average Bonchev–Trinajstić information content (AvgIpc) is 2.83. The smallest absolute Gasteiger partial charge is 0.243 e. The maximum Gasteiger partial charge on any atom is 0.372 e. The Kier molecular flexibility index (Phi) is 2.49. The first kappa shape index (κ1) is 11.4. The van der Waals surface area contributed by atoms with Gasteiger partial charge >= 0.3 is 12.1 Å². The Morgan fingerprint density at radius 3 is 2.65 bits per heavy atom. The lowest BCUT2D eigenvalue weighted by Crippen LogP contribution is -2.28. The molecule has 0 N–H and O–H groups in total. The van der Waals surface area contributed by atoms with E-state index in [4.69, 9.17) is 0 Å². The van der Waals surface area contributed by atoms with Crippen molar-refractivity contribution in [3.05, 3.63) is 24.6 Å². The summed E-state index contributed by atoms with van der Waals surface area (Å²) in [6, 6.07) is -0.621. The SMILES string of the molecule is CC(C)(C)c1nc(F)nn1C(=O)n1cncn1. The van der Waals surface area contributed by atoms with Gasteiger partial charge in [-0.05, 0) is 0 Å². The van der Waals surface area contributed by atoms with Crippen LogP contribution in [0.3, 0.4) is 0 Å². The van der Waals surface area contributed by atoms with Gasteiger partial charge in [-0.25, -0.2) is 9.78 Å². The second-order valence-electron chi connectivity index (χ2n) is 4.49. The van der Waals surface area contributed by atoms with E-state index in [2.05, 4.69) is 20.2 Å². The Bertz CT molecular complexity index is 538. The van der Waals surface area contributed by atoms with Crippen molar-refractivity contribution in [2.24, 2.45) is 0 Å². The van der Waals surface area contributed by atoms with Gasteiger partial charge in [-0.1, -0.05) is 20.8 Å². The summed E-state index contributed by atoms with van der Waals surface area (Å²) in [5.74, 6) is 0.232. The second kappa shape index (κ2) is 3.72. The topological polar surface area (TPSA) is 78.5 Å². The number of hydrogen-bond donors (Lipinski definition) is 0. The molecule has 0 aromatic carbocycles. The monoisotopic (exact) mass is 238 g/mol. The first-order valence-electron chi connectivity index (χ1n) is 4.92. The molecule has 0 aliphatic heterocycles. The predicted molar refractivity (Wildman–Crippen MR) is 54.9 cm³/mol. The van der Waals surface area contributed by atoms with Crippen LogP contribution in [0.4, 0.5) is 9.18 Å². The summed E-state index contributed by atoms with van der Waals surface area (Å²) in [4.78, 5) is 19.2. The minimum Gasteiger partial charge on any atom is -0.243 e. The number of carbonyl (C=O) groups excluding carboxylic acids is 1. The Morgan fingerprint density at radius 2 is 2.12 bits per heavy atom. The van der Waals surface area contributed by atoms with E-state index in [1.165, 1.54) is 12.7 Å². The van der Waals surface area contributed by atoms with Crippen molar-refractivity contribution in [3.8, 4) is 0 Å². The Balaban J connectivity index is 2.49. The summed E-state index contributed by atoms with van der Waals surface area (Å²) in [6.45, 7) is 5.42. The van der Waals surface area contributed by atoms with Gasteiger partial charge in [-0.2, -0.15) is 23.8 Å². The molecule has 2 heterocycles. The molecule has 0 aliphatic carbocycles. The van der Waals surface area contributed by atoms with Crippen molar-refractivity contribution in [1.29, 1.82) is 0 Å². The lowest BCUT2D eigenvalue weighted by molar-refractivity contribution is 0.235. The lowest BCUT2D eigenvalue weighted by atomic mass is 9.96. The number of hydrogen-bond acceptors (Lipinski definition) is 5. The fourth-order valence-corrected chi connectivity index (χ4v) is 1.31. The molecule has 0 atom stereocenters. The second-order valence-corrected chi connectivity index (χ2v) is 4.49. The summed E-state index contributed by atoms with van der Waals surface area (Å²) in [5.41, 5.74) is -0.506. The number of aromatic nitrogens is 6. The van der Waals surface area contributed by atoms with E-state index in [0.29, 0.717) is 0 Å². The molecule has 0 bridgehead atoms. The molecule has 0 spiro atoms. The van der Waals surface area contributed by atoms with Crippen LogP contribution in [0.5, 0.6) is 0 Å². The molecule has 0 unspecified atom stereocenters. The zero-order valence-corrected chi connectivity index (χ0v) is 9.62. The Hall–Kier alpha value is -2.12. The zero-order valence-electron chi connectivity index (χ0n) is 9.62. The van der Waals surface area contributed by atoms with Crippen molar-refractivity contribution in [1.82, 2.24) is 29.5 Å². The van der Waals surface area contributed by atoms with Crippen LogP contribution in [0.1, 0.15) is 26.6 Å². The van der Waals surface area contributed by atoms with Gasteiger partial charge in [0.1, 0.15) is 18.5 Å². The van der Waals surface area contributed by atoms with E-state index in [1.54, 1.807) is 0 Å². The molecule has 17 heavy (non-hydrogen) atoms. The Labute approximate surface area is 96.3 Å². The highest BCUT2D eigenvalue weighted by Crippen LogP contribution is 2.20. The van der Waals surface area contributed by atoms with Gasteiger partial charge < -0.3 is 0 Å². The third-order valence-electron chi connectivity index (χ3n) is 2.05. The molecule has 0 aliphatic rings. The van der Waals surface area contributed by atoms with E-state index in [1.807, 2.05) is 20.8 Å². The summed E-state index contributed by atoms with van der Waals surface area (Å²) in [7, 11) is 0. The predicted octanol–water partition coefficient (Wildman–Crippen LogP) is 0.823. The van der Waals surface area contributed by atoms with Crippen molar-refractivity contribution < 1.29 is 9.18 Å². The molecular weight excluding hydrogens is 227 g/mol. The van der Waals surface area contributed by atoms with E-state index >= 15 is 0 Å². The third kappa shape index (κ3) is 2.05. The number of halogens is 1. The maximum absolute atomic E-state index is 13.1. The number of nitrogens with zero attached hydrogens (tertiary/aromatic N) is 6. The molecule has 8 heteroatoms.